The van der Waals surface area contributed by atoms with Crippen molar-refractivity contribution in [2.45, 2.75) is 40.7 Å². The molecule has 26 heavy (non-hydrogen) atoms. The maximum absolute atomic E-state index is 10.9. The lowest BCUT2D eigenvalue weighted by Crippen LogP contribution is -2.04. The second-order valence-corrected chi connectivity index (χ2v) is 6.75. The average molecular weight is 348 g/mol. The van der Waals surface area contributed by atoms with Gasteiger partial charge in [-0.1, -0.05) is 36.8 Å². The van der Waals surface area contributed by atoms with E-state index in [1.807, 2.05) is 12.1 Å². The van der Waals surface area contributed by atoms with E-state index in [0.717, 1.165) is 18.5 Å². The zero-order chi connectivity index (χ0) is 18.8. The van der Waals surface area contributed by atoms with Crippen molar-refractivity contribution in [3.05, 3.63) is 86.7 Å². The van der Waals surface area contributed by atoms with E-state index >= 15 is 0 Å². The van der Waals surface area contributed by atoms with Crippen molar-refractivity contribution in [1.82, 2.24) is 4.57 Å². The predicted molar refractivity (Wildman–Crippen MR) is 106 cm³/mol. The Morgan fingerprint density at radius 1 is 0.923 bits per heavy atom. The number of non-ortho nitro benzene ring substituents is 1. The van der Waals surface area contributed by atoms with Gasteiger partial charge in [-0.05, 0) is 56.0 Å². The number of hydrogen-bond acceptors (Lipinski definition) is 2. The lowest BCUT2D eigenvalue weighted by Gasteiger charge is -2.10. The minimum atomic E-state index is -0.356. The third-order valence-corrected chi connectivity index (χ3v) is 5.09. The van der Waals surface area contributed by atoms with Crippen LogP contribution in [-0.2, 0) is 13.0 Å². The second kappa shape index (κ2) is 7.16. The number of rotatable bonds is 5. The minimum absolute atomic E-state index is 0.125. The van der Waals surface area contributed by atoms with Crippen molar-refractivity contribution in [3.63, 3.8) is 0 Å². The summed E-state index contributed by atoms with van der Waals surface area (Å²) in [6.45, 7) is 9.38. The van der Waals surface area contributed by atoms with Gasteiger partial charge in [0.05, 0.1) is 4.92 Å². The van der Waals surface area contributed by atoms with Gasteiger partial charge in [-0.3, -0.25) is 10.1 Å². The summed E-state index contributed by atoms with van der Waals surface area (Å²) < 4.78 is 2.35. The largest absolute Gasteiger partial charge is 0.344 e. The van der Waals surface area contributed by atoms with Crippen LogP contribution in [0.1, 0.15) is 35.0 Å². The molecule has 4 heteroatoms. The van der Waals surface area contributed by atoms with Crippen LogP contribution in [0.3, 0.4) is 0 Å². The Bertz CT molecular complexity index is 936. The third kappa shape index (κ3) is 3.27. The van der Waals surface area contributed by atoms with Gasteiger partial charge in [0.25, 0.3) is 5.69 Å². The zero-order valence-corrected chi connectivity index (χ0v) is 15.7. The van der Waals surface area contributed by atoms with Gasteiger partial charge in [-0.15, -0.1) is 0 Å². The summed E-state index contributed by atoms with van der Waals surface area (Å²) in [5, 5.41) is 10.9. The fourth-order valence-corrected chi connectivity index (χ4v) is 3.63. The maximum Gasteiger partial charge on any atom is 0.269 e. The molecule has 0 aliphatic rings. The van der Waals surface area contributed by atoms with Gasteiger partial charge in [0.2, 0.25) is 0 Å². The van der Waals surface area contributed by atoms with Crippen LogP contribution in [-0.4, -0.2) is 9.49 Å². The minimum Gasteiger partial charge on any atom is -0.344 e. The predicted octanol–water partition coefficient (Wildman–Crippen LogP) is 5.60. The van der Waals surface area contributed by atoms with Crippen LogP contribution in [0.5, 0.6) is 0 Å². The average Bonchev–Trinajstić information content (AvgIpc) is 2.87. The lowest BCUT2D eigenvalue weighted by atomic mass is 9.99. The highest BCUT2D eigenvalue weighted by Crippen LogP contribution is 2.34. The third-order valence-electron chi connectivity index (χ3n) is 5.09. The highest BCUT2D eigenvalue weighted by Gasteiger charge is 2.18. The summed E-state index contributed by atoms with van der Waals surface area (Å²) in [6.07, 6.45) is 0.930. The van der Waals surface area contributed by atoms with Crippen molar-refractivity contribution >= 4 is 5.69 Å². The number of nitrogens with zero attached hydrogens (tertiary/aromatic N) is 2. The molecular weight excluding hydrogens is 324 g/mol. The quantitative estimate of drug-likeness (QED) is 0.445. The summed E-state index contributed by atoms with van der Waals surface area (Å²) >= 11 is 0. The maximum atomic E-state index is 10.9. The van der Waals surface area contributed by atoms with Crippen molar-refractivity contribution in [3.8, 4) is 11.1 Å². The molecule has 0 amide bonds. The fourth-order valence-electron chi connectivity index (χ4n) is 3.63. The molecule has 0 aliphatic heterocycles. The van der Waals surface area contributed by atoms with Crippen LogP contribution in [0.15, 0.2) is 48.5 Å². The van der Waals surface area contributed by atoms with Crippen LogP contribution in [0.25, 0.3) is 11.1 Å². The highest BCUT2D eigenvalue weighted by atomic mass is 16.6. The zero-order valence-electron chi connectivity index (χ0n) is 15.7. The molecule has 1 heterocycles. The molecule has 0 unspecified atom stereocenters. The molecular formula is C22H24N2O2. The second-order valence-electron chi connectivity index (χ2n) is 6.75. The molecule has 0 radical (unpaired) electrons. The Balaban J connectivity index is 2.05. The van der Waals surface area contributed by atoms with Gasteiger partial charge >= 0.3 is 0 Å². The topological polar surface area (TPSA) is 48.1 Å². The van der Waals surface area contributed by atoms with Crippen molar-refractivity contribution in [2.75, 3.05) is 0 Å². The number of aryl methyl sites for hydroxylation is 1. The molecule has 3 aromatic rings. The molecule has 134 valence electrons. The Labute approximate surface area is 154 Å². The highest BCUT2D eigenvalue weighted by molar-refractivity contribution is 5.73. The molecule has 0 saturated carbocycles. The van der Waals surface area contributed by atoms with Crippen molar-refractivity contribution in [2.24, 2.45) is 0 Å². The number of hydrogen-bond donors (Lipinski definition) is 0. The Morgan fingerprint density at radius 2 is 1.54 bits per heavy atom. The van der Waals surface area contributed by atoms with E-state index in [2.05, 4.69) is 56.5 Å². The van der Waals surface area contributed by atoms with E-state index in [9.17, 15) is 10.1 Å². The Kier molecular flexibility index (Phi) is 4.94. The number of nitro groups is 1. The monoisotopic (exact) mass is 348 g/mol. The fraction of sp³-hybridized carbons (Fsp3) is 0.273. The van der Waals surface area contributed by atoms with Gasteiger partial charge in [0.1, 0.15) is 0 Å². The number of benzene rings is 2. The first-order valence-electron chi connectivity index (χ1n) is 8.91. The molecule has 0 spiro atoms. The molecule has 1 aromatic heterocycles. The first-order valence-corrected chi connectivity index (χ1v) is 8.91. The van der Waals surface area contributed by atoms with Crippen LogP contribution in [0, 0.1) is 30.9 Å². The van der Waals surface area contributed by atoms with Crippen molar-refractivity contribution in [1.29, 1.82) is 0 Å². The first-order chi connectivity index (χ1) is 12.4. The molecule has 0 atom stereocenters. The van der Waals surface area contributed by atoms with E-state index in [1.165, 1.54) is 33.6 Å². The van der Waals surface area contributed by atoms with Crippen LogP contribution in [0.4, 0.5) is 5.69 Å². The summed E-state index contributed by atoms with van der Waals surface area (Å²) in [4.78, 5) is 10.6. The van der Waals surface area contributed by atoms with Gasteiger partial charge in [-0.25, -0.2) is 0 Å². The van der Waals surface area contributed by atoms with Gasteiger partial charge in [0.15, 0.2) is 0 Å². The standard InChI is InChI=1S/C22H24N2O2/c1-5-21-16(3)23(14-18-8-6-15(2)7-9-18)17(4)22(21)19-10-12-20(13-11-19)24(25)26/h6-13H,5,14H2,1-4H3. The van der Waals surface area contributed by atoms with E-state index < -0.39 is 0 Å². The van der Waals surface area contributed by atoms with Crippen molar-refractivity contribution < 1.29 is 4.92 Å². The molecule has 2 aromatic carbocycles. The molecule has 3 rings (SSSR count). The molecule has 0 saturated heterocycles. The van der Waals surface area contributed by atoms with Crippen LogP contribution >= 0.6 is 0 Å². The smallest absolute Gasteiger partial charge is 0.269 e. The summed E-state index contributed by atoms with van der Waals surface area (Å²) in [6, 6.07) is 15.5. The lowest BCUT2D eigenvalue weighted by molar-refractivity contribution is -0.384. The van der Waals surface area contributed by atoms with E-state index in [1.54, 1.807) is 12.1 Å². The summed E-state index contributed by atoms with van der Waals surface area (Å²) in [5.74, 6) is 0. The van der Waals surface area contributed by atoms with Crippen LogP contribution < -0.4 is 0 Å². The van der Waals surface area contributed by atoms with E-state index in [-0.39, 0.29) is 10.6 Å². The van der Waals surface area contributed by atoms with E-state index in [0.29, 0.717) is 0 Å². The van der Waals surface area contributed by atoms with Crippen LogP contribution in [0.2, 0.25) is 0 Å². The first kappa shape index (κ1) is 17.9. The number of aromatic nitrogens is 1. The molecule has 0 N–H and O–H groups in total. The SMILES string of the molecule is CCc1c(-c2ccc([N+](=O)[O-])cc2)c(C)n(Cc2ccc(C)cc2)c1C. The molecule has 0 bridgehead atoms. The molecule has 4 nitrogen and oxygen atoms in total. The summed E-state index contributed by atoms with van der Waals surface area (Å²) in [5.41, 5.74) is 8.67. The van der Waals surface area contributed by atoms with Gasteiger partial charge in [-0.2, -0.15) is 0 Å². The van der Waals surface area contributed by atoms with E-state index in [4.69, 9.17) is 0 Å². The van der Waals surface area contributed by atoms with Gasteiger partial charge < -0.3 is 4.57 Å². The molecule has 0 aliphatic carbocycles. The summed E-state index contributed by atoms with van der Waals surface area (Å²) in [7, 11) is 0. The Hall–Kier alpha value is -2.88. The normalized spacial score (nSPS) is 10.9. The molecule has 0 fully saturated rings. The number of nitro benzene ring substituents is 1. The Morgan fingerprint density at radius 3 is 2.08 bits per heavy atom. The van der Waals surface area contributed by atoms with Gasteiger partial charge in [0, 0.05) is 35.6 Å².